The normalized spacial score (nSPS) is 12.9. The van der Waals surface area contributed by atoms with E-state index in [1.807, 2.05) is 12.1 Å². The maximum Gasteiger partial charge on any atom is 0.178 e. The third-order valence-corrected chi connectivity index (χ3v) is 5.03. The van der Waals surface area contributed by atoms with E-state index in [4.69, 9.17) is 23.8 Å². The van der Waals surface area contributed by atoms with Crippen molar-refractivity contribution in [3.63, 3.8) is 0 Å². The summed E-state index contributed by atoms with van der Waals surface area (Å²) in [7, 11) is 0. The number of aromatic amines is 1. The number of hydrogen-bond acceptors (Lipinski definition) is 2. The molecule has 0 aliphatic carbocycles. The summed E-state index contributed by atoms with van der Waals surface area (Å²) in [6.45, 7) is 2.20. The van der Waals surface area contributed by atoms with Crippen molar-refractivity contribution in [3.8, 4) is 0 Å². The predicted molar refractivity (Wildman–Crippen MR) is 89.5 cm³/mol. The van der Waals surface area contributed by atoms with Gasteiger partial charge in [-0.15, -0.1) is 11.3 Å². The van der Waals surface area contributed by atoms with Crippen molar-refractivity contribution in [2.24, 2.45) is 0 Å². The summed E-state index contributed by atoms with van der Waals surface area (Å²) < 4.78 is 2.94. The van der Waals surface area contributed by atoms with Crippen LogP contribution in [-0.2, 0) is 0 Å². The molecule has 1 unspecified atom stereocenters. The maximum atomic E-state index is 6.26. The Kier molecular flexibility index (Phi) is 3.96. The molecule has 0 fully saturated rings. The molecular weight excluding hydrogens is 308 g/mol. The number of H-pyrrole nitrogens is 1. The Balaban J connectivity index is 2.24. The van der Waals surface area contributed by atoms with Gasteiger partial charge in [0.15, 0.2) is 4.77 Å². The summed E-state index contributed by atoms with van der Waals surface area (Å²) in [6.07, 6.45) is 2.17. The summed E-state index contributed by atoms with van der Waals surface area (Å²) in [6, 6.07) is 10.5. The van der Waals surface area contributed by atoms with E-state index < -0.39 is 0 Å². The van der Waals surface area contributed by atoms with Crippen LogP contribution in [0.5, 0.6) is 0 Å². The first-order valence-corrected chi connectivity index (χ1v) is 8.31. The fourth-order valence-electron chi connectivity index (χ4n) is 2.58. The zero-order chi connectivity index (χ0) is 14.1. The van der Waals surface area contributed by atoms with E-state index in [2.05, 4.69) is 40.1 Å². The van der Waals surface area contributed by atoms with Crippen LogP contribution in [-0.4, -0.2) is 9.55 Å². The Bertz CT molecular complexity index is 771. The number of nitrogens with zero attached hydrogens (tertiary/aromatic N) is 1. The molecule has 0 radical (unpaired) electrons. The van der Waals surface area contributed by atoms with Crippen molar-refractivity contribution in [1.82, 2.24) is 9.55 Å². The van der Waals surface area contributed by atoms with Crippen molar-refractivity contribution >= 4 is 46.2 Å². The number of rotatable bonds is 4. The largest absolute Gasteiger partial charge is 0.329 e. The average molecular weight is 323 g/mol. The second-order valence-corrected chi connectivity index (χ2v) is 6.53. The van der Waals surface area contributed by atoms with Gasteiger partial charge in [-0.25, -0.2) is 0 Å². The van der Waals surface area contributed by atoms with E-state index in [0.29, 0.717) is 5.02 Å². The minimum Gasteiger partial charge on any atom is -0.329 e. The van der Waals surface area contributed by atoms with Gasteiger partial charge in [0.1, 0.15) is 0 Å². The van der Waals surface area contributed by atoms with Crippen LogP contribution < -0.4 is 0 Å². The van der Waals surface area contributed by atoms with E-state index >= 15 is 0 Å². The molecule has 0 saturated carbocycles. The number of imidazole rings is 1. The van der Waals surface area contributed by atoms with Gasteiger partial charge in [0.25, 0.3) is 0 Å². The lowest BCUT2D eigenvalue weighted by molar-refractivity contribution is 0.548. The van der Waals surface area contributed by atoms with Crippen LogP contribution in [0.4, 0.5) is 0 Å². The molecule has 0 amide bonds. The molecule has 5 heteroatoms. The summed E-state index contributed by atoms with van der Waals surface area (Å²) in [4.78, 5) is 4.58. The Hall–Kier alpha value is -1.10. The molecule has 1 aromatic carbocycles. The number of halogens is 1. The summed E-state index contributed by atoms with van der Waals surface area (Å²) in [5.74, 6) is 0. The molecule has 3 aromatic rings. The highest BCUT2D eigenvalue weighted by Gasteiger charge is 2.18. The van der Waals surface area contributed by atoms with Crippen molar-refractivity contribution < 1.29 is 0 Å². The van der Waals surface area contributed by atoms with E-state index in [-0.39, 0.29) is 6.04 Å². The second-order valence-electron chi connectivity index (χ2n) is 4.75. The number of benzene rings is 1. The standard InChI is InChI=1S/C15H15ClN2S2/c1-2-5-11(13-8-4-9-20-13)18-12-7-3-6-10(16)14(12)17-15(18)19/h3-4,6-9,11H,2,5H2,1H3,(H,17,19). The quantitative estimate of drug-likeness (QED) is 0.602. The lowest BCUT2D eigenvalue weighted by atomic mass is 10.1. The summed E-state index contributed by atoms with van der Waals surface area (Å²) >= 11 is 13.6. The molecule has 0 aliphatic rings. The van der Waals surface area contributed by atoms with Gasteiger partial charge in [-0.05, 0) is 42.2 Å². The number of hydrogen-bond donors (Lipinski definition) is 1. The van der Waals surface area contributed by atoms with Crippen molar-refractivity contribution in [2.45, 2.75) is 25.8 Å². The van der Waals surface area contributed by atoms with Gasteiger partial charge in [-0.1, -0.05) is 37.1 Å². The molecule has 0 saturated heterocycles. The smallest absolute Gasteiger partial charge is 0.178 e. The number of aromatic nitrogens is 2. The molecular formula is C15H15ClN2S2. The Morgan fingerprint density at radius 1 is 1.35 bits per heavy atom. The molecule has 104 valence electrons. The topological polar surface area (TPSA) is 20.7 Å². The molecule has 2 aromatic heterocycles. The van der Waals surface area contributed by atoms with Gasteiger partial charge in [-0.3, -0.25) is 0 Å². The predicted octanol–water partition coefficient (Wildman–Crippen LogP) is 5.80. The molecule has 1 atom stereocenters. The van der Waals surface area contributed by atoms with E-state index in [9.17, 15) is 0 Å². The Morgan fingerprint density at radius 3 is 2.90 bits per heavy atom. The molecule has 2 heterocycles. The zero-order valence-corrected chi connectivity index (χ0v) is 13.5. The highest BCUT2D eigenvalue weighted by atomic mass is 35.5. The minimum atomic E-state index is 0.278. The van der Waals surface area contributed by atoms with Crippen molar-refractivity contribution in [2.75, 3.05) is 0 Å². The van der Waals surface area contributed by atoms with E-state index in [1.54, 1.807) is 11.3 Å². The van der Waals surface area contributed by atoms with Gasteiger partial charge < -0.3 is 9.55 Å². The van der Waals surface area contributed by atoms with Gasteiger partial charge in [0.2, 0.25) is 0 Å². The molecule has 2 nitrogen and oxygen atoms in total. The monoisotopic (exact) mass is 322 g/mol. The fraction of sp³-hybridized carbons (Fsp3) is 0.267. The Morgan fingerprint density at radius 2 is 2.20 bits per heavy atom. The van der Waals surface area contributed by atoms with Gasteiger partial charge in [-0.2, -0.15) is 0 Å². The minimum absolute atomic E-state index is 0.278. The lowest BCUT2D eigenvalue weighted by Gasteiger charge is -2.17. The molecule has 3 rings (SSSR count). The second kappa shape index (κ2) is 5.72. The number of thiophene rings is 1. The lowest BCUT2D eigenvalue weighted by Crippen LogP contribution is -2.09. The van der Waals surface area contributed by atoms with Crippen LogP contribution in [0.15, 0.2) is 35.7 Å². The SMILES string of the molecule is CCCC(c1cccs1)n1c(=S)[nH]c2c(Cl)cccc21. The molecule has 1 N–H and O–H groups in total. The van der Waals surface area contributed by atoms with E-state index in [0.717, 1.165) is 28.6 Å². The van der Waals surface area contributed by atoms with Crippen LogP contribution in [0.25, 0.3) is 11.0 Å². The summed E-state index contributed by atoms with van der Waals surface area (Å²) in [5, 5.41) is 2.83. The van der Waals surface area contributed by atoms with Crippen LogP contribution >= 0.6 is 35.2 Å². The Labute approximate surface area is 132 Å². The van der Waals surface area contributed by atoms with E-state index in [1.165, 1.54) is 4.88 Å². The van der Waals surface area contributed by atoms with Crippen LogP contribution in [0, 0.1) is 4.77 Å². The highest BCUT2D eigenvalue weighted by molar-refractivity contribution is 7.71. The first kappa shape index (κ1) is 13.9. The molecule has 0 aliphatic heterocycles. The van der Waals surface area contributed by atoms with Crippen LogP contribution in [0.2, 0.25) is 5.02 Å². The zero-order valence-electron chi connectivity index (χ0n) is 11.1. The third-order valence-electron chi connectivity index (χ3n) is 3.45. The number of nitrogens with one attached hydrogen (secondary N) is 1. The molecule has 20 heavy (non-hydrogen) atoms. The molecule has 0 spiro atoms. The first-order chi connectivity index (χ1) is 9.72. The third kappa shape index (κ3) is 2.32. The van der Waals surface area contributed by atoms with Crippen molar-refractivity contribution in [3.05, 3.63) is 50.4 Å². The van der Waals surface area contributed by atoms with Gasteiger partial charge >= 0.3 is 0 Å². The fourth-order valence-corrected chi connectivity index (χ4v) is 3.97. The van der Waals surface area contributed by atoms with Crippen LogP contribution in [0.1, 0.15) is 30.7 Å². The van der Waals surface area contributed by atoms with Crippen molar-refractivity contribution in [1.29, 1.82) is 0 Å². The summed E-state index contributed by atoms with van der Waals surface area (Å²) in [5.41, 5.74) is 2.01. The number of fused-ring (bicyclic) bond motifs is 1. The average Bonchev–Trinajstić information content (AvgIpc) is 3.05. The van der Waals surface area contributed by atoms with Gasteiger partial charge in [0.05, 0.1) is 22.1 Å². The maximum absolute atomic E-state index is 6.26. The highest BCUT2D eigenvalue weighted by Crippen LogP contribution is 2.32. The molecule has 0 bridgehead atoms. The number of para-hydroxylation sites is 1. The first-order valence-electron chi connectivity index (χ1n) is 6.64. The van der Waals surface area contributed by atoms with Gasteiger partial charge in [0, 0.05) is 4.88 Å². The van der Waals surface area contributed by atoms with Crippen LogP contribution in [0.3, 0.4) is 0 Å².